The molecule has 0 spiro atoms. The van der Waals surface area contributed by atoms with E-state index in [2.05, 4.69) is 142 Å². The first-order chi connectivity index (χ1) is 35.0. The van der Waals surface area contributed by atoms with Crippen LogP contribution in [-0.4, -0.2) is 37.2 Å². The highest BCUT2D eigenvalue weighted by atomic mass is 16.6. The number of hydrogen-bond donors (Lipinski definition) is 0. The highest BCUT2D eigenvalue weighted by Gasteiger charge is 2.19. The molecule has 0 aliphatic carbocycles. The Morgan fingerprint density at radius 1 is 0.296 bits per heavy atom. The first-order valence-electron chi connectivity index (χ1n) is 29.0. The van der Waals surface area contributed by atoms with Gasteiger partial charge in [-0.2, -0.15) is 0 Å². The van der Waals surface area contributed by atoms with Gasteiger partial charge in [0.25, 0.3) is 0 Å². The van der Waals surface area contributed by atoms with Gasteiger partial charge in [0.2, 0.25) is 0 Å². The Kier molecular flexibility index (Phi) is 54.9. The third-order valence-electron chi connectivity index (χ3n) is 12.0. The second-order valence-electron chi connectivity index (χ2n) is 18.8. The van der Waals surface area contributed by atoms with Gasteiger partial charge in [0.15, 0.2) is 6.10 Å². The first kappa shape index (κ1) is 66.8. The van der Waals surface area contributed by atoms with E-state index in [4.69, 9.17) is 14.2 Å². The third-order valence-corrected chi connectivity index (χ3v) is 12.0. The number of allylic oxidation sites excluding steroid dienone is 20. The molecule has 71 heavy (non-hydrogen) atoms. The van der Waals surface area contributed by atoms with Crippen LogP contribution < -0.4 is 0 Å². The Balaban J connectivity index is 4.09. The Bertz CT molecular complexity index is 1500. The second kappa shape index (κ2) is 58.4. The topological polar surface area (TPSA) is 78.9 Å². The van der Waals surface area contributed by atoms with E-state index in [0.29, 0.717) is 19.3 Å². The maximum absolute atomic E-state index is 12.7. The van der Waals surface area contributed by atoms with Crippen LogP contribution in [0.3, 0.4) is 0 Å². The molecule has 0 rings (SSSR count). The van der Waals surface area contributed by atoms with Crippen molar-refractivity contribution in [2.75, 3.05) is 13.2 Å². The van der Waals surface area contributed by atoms with Gasteiger partial charge >= 0.3 is 17.9 Å². The molecule has 0 aromatic carbocycles. The van der Waals surface area contributed by atoms with Crippen LogP contribution >= 0.6 is 0 Å². The Labute approximate surface area is 437 Å². The molecule has 6 heteroatoms. The number of esters is 3. The molecule has 0 aromatic rings. The van der Waals surface area contributed by atoms with Gasteiger partial charge in [0.1, 0.15) is 13.2 Å². The first-order valence-corrected chi connectivity index (χ1v) is 29.0. The molecule has 0 radical (unpaired) electrons. The Morgan fingerprint density at radius 2 is 0.549 bits per heavy atom. The van der Waals surface area contributed by atoms with Crippen molar-refractivity contribution < 1.29 is 28.6 Å². The van der Waals surface area contributed by atoms with Crippen molar-refractivity contribution in [1.29, 1.82) is 0 Å². The van der Waals surface area contributed by atoms with Gasteiger partial charge in [0, 0.05) is 19.3 Å². The van der Waals surface area contributed by atoms with Crippen LogP contribution in [0.1, 0.15) is 252 Å². The van der Waals surface area contributed by atoms with Gasteiger partial charge in [-0.3, -0.25) is 14.4 Å². The third kappa shape index (κ3) is 56.6. The molecule has 0 saturated heterocycles. The lowest BCUT2D eigenvalue weighted by Gasteiger charge is -2.18. The molecule has 1 unspecified atom stereocenters. The van der Waals surface area contributed by atoms with Crippen molar-refractivity contribution >= 4 is 17.9 Å². The normalized spacial score (nSPS) is 13.0. The summed E-state index contributed by atoms with van der Waals surface area (Å²) in [4.78, 5) is 37.7. The van der Waals surface area contributed by atoms with E-state index in [0.717, 1.165) is 148 Å². The van der Waals surface area contributed by atoms with Crippen molar-refractivity contribution in [3.63, 3.8) is 0 Å². The van der Waals surface area contributed by atoms with Crippen molar-refractivity contribution in [2.24, 2.45) is 0 Å². The number of carbonyl (C=O) groups is 3. The number of hydrogen-bond acceptors (Lipinski definition) is 6. The van der Waals surface area contributed by atoms with E-state index in [9.17, 15) is 14.4 Å². The maximum Gasteiger partial charge on any atom is 0.306 e. The largest absolute Gasteiger partial charge is 0.462 e. The van der Waals surface area contributed by atoms with Crippen LogP contribution in [0.25, 0.3) is 0 Å². The molecule has 0 amide bonds. The SMILES string of the molecule is CC/C=C\C/C=C\C/C=C\C/C=C\C/C=C\C/C=C\C/C=C\C/C=C\CCCCCCCCCCC(=O)OCC(COC(=O)CCCCCCC)OC(=O)CCCCCCC/C=C\C/C=C\CCCCC. The molecule has 0 bridgehead atoms. The average molecular weight is 984 g/mol. The van der Waals surface area contributed by atoms with Crippen molar-refractivity contribution in [1.82, 2.24) is 0 Å². The molecule has 402 valence electrons. The zero-order valence-electron chi connectivity index (χ0n) is 45.9. The molecule has 0 aromatic heterocycles. The molecule has 1 atom stereocenters. The fourth-order valence-electron chi connectivity index (χ4n) is 7.60. The molecule has 0 heterocycles. The summed E-state index contributed by atoms with van der Waals surface area (Å²) in [5.74, 6) is -0.928. The standard InChI is InChI=1S/C65H106O6/c1-4-7-10-13-15-17-19-21-23-24-25-26-27-28-29-30-31-32-33-34-35-36-37-38-39-40-42-43-45-47-49-52-55-58-64(67)70-61-62(60-69-63(66)57-54-51-12-9-6-3)71-65(68)59-56-53-50-48-46-44-41-22-20-18-16-14-11-8-5-2/h7,10,15-18,21-23,25-26,28-29,31-32,34-35,37-38,41,62H,4-6,8-9,11-14,19-20,24,27,30,33,36,39-40,42-61H2,1-3H3/b10-7-,17-15-,18-16-,23-21-,26-25-,29-28-,32-31-,35-34-,38-37-,41-22-. The number of rotatable bonds is 51. The molecule has 0 aliphatic heterocycles. The summed E-state index contributed by atoms with van der Waals surface area (Å²) in [7, 11) is 0. The fraction of sp³-hybridized carbons (Fsp3) is 0.646. The van der Waals surface area contributed by atoms with Crippen molar-refractivity contribution in [2.45, 2.75) is 258 Å². The number of unbranched alkanes of at least 4 members (excludes halogenated alkanes) is 20. The molecule has 0 N–H and O–H groups in total. The van der Waals surface area contributed by atoms with Gasteiger partial charge < -0.3 is 14.2 Å². The van der Waals surface area contributed by atoms with Crippen LogP contribution in [0.15, 0.2) is 122 Å². The number of carbonyl (C=O) groups excluding carboxylic acids is 3. The monoisotopic (exact) mass is 983 g/mol. The van der Waals surface area contributed by atoms with Crippen LogP contribution in [-0.2, 0) is 28.6 Å². The van der Waals surface area contributed by atoms with E-state index in [1.165, 1.54) is 64.2 Å². The van der Waals surface area contributed by atoms with E-state index >= 15 is 0 Å². The lowest BCUT2D eigenvalue weighted by atomic mass is 10.1. The smallest absolute Gasteiger partial charge is 0.306 e. The van der Waals surface area contributed by atoms with Crippen LogP contribution in [0, 0.1) is 0 Å². The summed E-state index contributed by atoms with van der Waals surface area (Å²) in [6, 6.07) is 0. The van der Waals surface area contributed by atoms with E-state index in [-0.39, 0.29) is 31.1 Å². The zero-order valence-corrected chi connectivity index (χ0v) is 45.9. The zero-order chi connectivity index (χ0) is 51.4. The number of ether oxygens (including phenoxy) is 3. The minimum absolute atomic E-state index is 0.0884. The summed E-state index contributed by atoms with van der Waals surface area (Å²) in [5, 5.41) is 0. The van der Waals surface area contributed by atoms with Gasteiger partial charge in [0.05, 0.1) is 0 Å². The second-order valence-corrected chi connectivity index (χ2v) is 18.8. The predicted octanol–water partition coefficient (Wildman–Crippen LogP) is 19.6. The van der Waals surface area contributed by atoms with Crippen molar-refractivity contribution in [3.8, 4) is 0 Å². The molecular formula is C65H106O6. The van der Waals surface area contributed by atoms with Gasteiger partial charge in [-0.15, -0.1) is 0 Å². The van der Waals surface area contributed by atoms with Crippen LogP contribution in [0.4, 0.5) is 0 Å². The fourth-order valence-corrected chi connectivity index (χ4v) is 7.60. The van der Waals surface area contributed by atoms with Crippen LogP contribution in [0.5, 0.6) is 0 Å². The van der Waals surface area contributed by atoms with Gasteiger partial charge in [-0.05, 0) is 116 Å². The Hall–Kier alpha value is -4.19. The summed E-state index contributed by atoms with van der Waals surface area (Å²) >= 11 is 0. The van der Waals surface area contributed by atoms with Gasteiger partial charge in [-0.25, -0.2) is 0 Å². The highest BCUT2D eigenvalue weighted by Crippen LogP contribution is 2.14. The summed E-state index contributed by atoms with van der Waals surface area (Å²) < 4.78 is 16.7. The van der Waals surface area contributed by atoms with Crippen LogP contribution in [0.2, 0.25) is 0 Å². The van der Waals surface area contributed by atoms with E-state index in [1.54, 1.807) is 0 Å². The molecule has 6 nitrogen and oxygen atoms in total. The average Bonchev–Trinajstić information content (AvgIpc) is 3.37. The van der Waals surface area contributed by atoms with E-state index in [1.807, 2.05) is 0 Å². The minimum Gasteiger partial charge on any atom is -0.462 e. The van der Waals surface area contributed by atoms with Crippen molar-refractivity contribution in [3.05, 3.63) is 122 Å². The maximum atomic E-state index is 12.7. The Morgan fingerprint density at radius 3 is 0.887 bits per heavy atom. The molecule has 0 fully saturated rings. The molecule has 0 aliphatic rings. The molecule has 0 saturated carbocycles. The van der Waals surface area contributed by atoms with Gasteiger partial charge in [-0.1, -0.05) is 239 Å². The quantitative estimate of drug-likeness (QED) is 0.0261. The molecular weight excluding hydrogens is 877 g/mol. The van der Waals surface area contributed by atoms with E-state index < -0.39 is 6.10 Å². The predicted molar refractivity (Wildman–Crippen MR) is 306 cm³/mol. The lowest BCUT2D eigenvalue weighted by molar-refractivity contribution is -0.167. The lowest BCUT2D eigenvalue weighted by Crippen LogP contribution is -2.30. The minimum atomic E-state index is -0.787. The summed E-state index contributed by atoms with van der Waals surface area (Å²) in [6.07, 6.45) is 80.9. The summed E-state index contributed by atoms with van der Waals surface area (Å²) in [5.41, 5.74) is 0. The highest BCUT2D eigenvalue weighted by molar-refractivity contribution is 5.71. The summed E-state index contributed by atoms with van der Waals surface area (Å²) in [6.45, 7) is 6.39.